The van der Waals surface area contributed by atoms with Gasteiger partial charge in [0.2, 0.25) is 10.0 Å². The van der Waals surface area contributed by atoms with E-state index in [0.29, 0.717) is 6.42 Å². The van der Waals surface area contributed by atoms with E-state index in [2.05, 4.69) is 4.72 Å². The maximum atomic E-state index is 11.5. The molecule has 4 nitrogen and oxygen atoms in total. The molecule has 5 heteroatoms. The van der Waals surface area contributed by atoms with Crippen LogP contribution in [-0.4, -0.2) is 19.2 Å². The highest BCUT2D eigenvalue weighted by atomic mass is 32.2. The second-order valence-electron chi connectivity index (χ2n) is 3.92. The van der Waals surface area contributed by atoms with Crippen LogP contribution in [0.4, 0.5) is 0 Å². The lowest BCUT2D eigenvalue weighted by atomic mass is 10.1. The summed E-state index contributed by atoms with van der Waals surface area (Å²) < 4.78 is 25.4. The molecule has 0 aromatic heterocycles. The Bertz CT molecular complexity index is 295. The summed E-state index contributed by atoms with van der Waals surface area (Å²) in [4.78, 5) is 0. The summed E-state index contributed by atoms with van der Waals surface area (Å²) in [6.45, 7) is 6.91. The lowest BCUT2D eigenvalue weighted by molar-refractivity contribution is 0.487. The molecule has 13 heavy (non-hydrogen) atoms. The Balaban J connectivity index is 4.71. The number of hydrogen-bond donors (Lipinski definition) is 1. The van der Waals surface area contributed by atoms with Crippen LogP contribution in [0.25, 0.3) is 0 Å². The van der Waals surface area contributed by atoms with Gasteiger partial charge in [0.05, 0.1) is 6.07 Å². The van der Waals surface area contributed by atoms with Crippen LogP contribution in [0.2, 0.25) is 0 Å². The fraction of sp³-hybridized carbons (Fsp3) is 0.875. The molecule has 0 rings (SSSR count). The van der Waals surface area contributed by atoms with Crippen LogP contribution in [0.5, 0.6) is 0 Å². The normalized spacial score (nSPS) is 15.0. The minimum absolute atomic E-state index is 0.307. The third-order valence-electron chi connectivity index (χ3n) is 1.34. The van der Waals surface area contributed by atoms with Gasteiger partial charge in [0, 0.05) is 5.54 Å². The van der Waals surface area contributed by atoms with Crippen molar-refractivity contribution in [1.82, 2.24) is 4.72 Å². The molecule has 1 atom stereocenters. The van der Waals surface area contributed by atoms with Crippen LogP contribution in [0.3, 0.4) is 0 Å². The number of sulfonamides is 1. The van der Waals surface area contributed by atoms with Gasteiger partial charge in [0.1, 0.15) is 0 Å². The van der Waals surface area contributed by atoms with Gasteiger partial charge in [-0.1, -0.05) is 6.92 Å². The zero-order chi connectivity index (χ0) is 10.7. The Hall–Kier alpha value is -0.600. The lowest BCUT2D eigenvalue weighted by Crippen LogP contribution is -2.44. The van der Waals surface area contributed by atoms with E-state index in [1.807, 2.05) is 0 Å². The molecule has 76 valence electrons. The largest absolute Gasteiger partial charge is 0.228 e. The maximum absolute atomic E-state index is 11.5. The molecule has 0 radical (unpaired) electrons. The van der Waals surface area contributed by atoms with Gasteiger partial charge < -0.3 is 0 Å². The Labute approximate surface area is 80.0 Å². The molecule has 0 amide bonds. The first kappa shape index (κ1) is 12.4. The molecule has 0 heterocycles. The molecule has 1 unspecified atom stereocenters. The average Bonchev–Trinajstić information content (AvgIpc) is 1.83. The van der Waals surface area contributed by atoms with Crippen LogP contribution in [0, 0.1) is 11.3 Å². The summed E-state index contributed by atoms with van der Waals surface area (Å²) in [6, 6.07) is 1.76. The van der Waals surface area contributed by atoms with Crippen molar-refractivity contribution in [3.63, 3.8) is 0 Å². The van der Waals surface area contributed by atoms with Crippen molar-refractivity contribution >= 4 is 10.0 Å². The Morgan fingerprint density at radius 3 is 2.15 bits per heavy atom. The van der Waals surface area contributed by atoms with Crippen molar-refractivity contribution in [1.29, 1.82) is 5.26 Å². The number of nitriles is 1. The molecule has 0 aliphatic heterocycles. The van der Waals surface area contributed by atoms with E-state index in [1.165, 1.54) is 0 Å². The third kappa shape index (κ3) is 4.25. The molecule has 0 fully saturated rings. The zero-order valence-corrected chi connectivity index (χ0v) is 9.27. The first-order valence-corrected chi connectivity index (χ1v) is 5.70. The van der Waals surface area contributed by atoms with Gasteiger partial charge in [-0.2, -0.15) is 5.26 Å². The Morgan fingerprint density at radius 2 is 1.92 bits per heavy atom. The lowest BCUT2D eigenvalue weighted by Gasteiger charge is -2.21. The van der Waals surface area contributed by atoms with Gasteiger partial charge in [-0.3, -0.25) is 0 Å². The number of rotatable bonds is 3. The molecule has 0 aliphatic rings. The molecule has 1 N–H and O–H groups in total. The minimum Gasteiger partial charge on any atom is -0.211 e. The number of nitrogens with zero attached hydrogens (tertiary/aromatic N) is 1. The van der Waals surface area contributed by atoms with Gasteiger partial charge >= 0.3 is 0 Å². The molecule has 0 saturated carbocycles. The van der Waals surface area contributed by atoms with Crippen molar-refractivity contribution in [2.45, 2.75) is 44.9 Å². The molecular formula is C8H16N2O2S. The smallest absolute Gasteiger partial charge is 0.211 e. The van der Waals surface area contributed by atoms with Crippen molar-refractivity contribution in [3.05, 3.63) is 0 Å². The van der Waals surface area contributed by atoms with E-state index in [0.717, 1.165) is 0 Å². The van der Waals surface area contributed by atoms with Gasteiger partial charge in [-0.25, -0.2) is 13.1 Å². The quantitative estimate of drug-likeness (QED) is 0.745. The van der Waals surface area contributed by atoms with E-state index in [4.69, 9.17) is 5.26 Å². The van der Waals surface area contributed by atoms with E-state index in [9.17, 15) is 8.42 Å². The van der Waals surface area contributed by atoms with Crippen molar-refractivity contribution in [2.24, 2.45) is 0 Å². The van der Waals surface area contributed by atoms with Gasteiger partial charge in [0.15, 0.2) is 5.25 Å². The number of nitrogens with one attached hydrogen (secondary N) is 1. The van der Waals surface area contributed by atoms with Gasteiger partial charge in [0.25, 0.3) is 0 Å². The van der Waals surface area contributed by atoms with Crippen LogP contribution in [-0.2, 0) is 10.0 Å². The van der Waals surface area contributed by atoms with Crippen LogP contribution >= 0.6 is 0 Å². The van der Waals surface area contributed by atoms with Crippen molar-refractivity contribution in [3.8, 4) is 6.07 Å². The molecular weight excluding hydrogens is 188 g/mol. The summed E-state index contributed by atoms with van der Waals surface area (Å²) in [5, 5.41) is 7.64. The highest BCUT2D eigenvalue weighted by Crippen LogP contribution is 2.08. The first-order chi connectivity index (χ1) is 5.73. The first-order valence-electron chi connectivity index (χ1n) is 4.15. The SMILES string of the molecule is CCC(C#N)S(=O)(=O)NC(C)(C)C. The van der Waals surface area contributed by atoms with E-state index in [1.54, 1.807) is 33.8 Å². The molecule has 0 bridgehead atoms. The highest BCUT2D eigenvalue weighted by molar-refractivity contribution is 7.90. The zero-order valence-electron chi connectivity index (χ0n) is 8.46. The fourth-order valence-corrected chi connectivity index (χ4v) is 2.45. The predicted molar refractivity (Wildman–Crippen MR) is 51.5 cm³/mol. The topological polar surface area (TPSA) is 70.0 Å². The van der Waals surface area contributed by atoms with Crippen LogP contribution in [0.1, 0.15) is 34.1 Å². The van der Waals surface area contributed by atoms with Crippen LogP contribution < -0.4 is 4.72 Å². The average molecular weight is 204 g/mol. The summed E-state index contributed by atoms with van der Waals surface area (Å²) in [5.74, 6) is 0. The van der Waals surface area contributed by atoms with Crippen molar-refractivity contribution < 1.29 is 8.42 Å². The van der Waals surface area contributed by atoms with Gasteiger partial charge in [-0.15, -0.1) is 0 Å². The molecule has 0 aromatic carbocycles. The molecule has 0 aromatic rings. The predicted octanol–water partition coefficient (Wildman–Crippen LogP) is 1.01. The second-order valence-corrected chi connectivity index (χ2v) is 5.79. The standard InChI is InChI=1S/C8H16N2O2S/c1-5-7(6-9)13(11,12)10-8(2,3)4/h7,10H,5H2,1-4H3. The maximum Gasteiger partial charge on any atom is 0.228 e. The van der Waals surface area contributed by atoms with E-state index in [-0.39, 0.29) is 0 Å². The van der Waals surface area contributed by atoms with Crippen molar-refractivity contribution in [2.75, 3.05) is 0 Å². The summed E-state index contributed by atoms with van der Waals surface area (Å²) >= 11 is 0. The molecule has 0 aliphatic carbocycles. The Morgan fingerprint density at radius 1 is 1.46 bits per heavy atom. The minimum atomic E-state index is -3.49. The summed E-state index contributed by atoms with van der Waals surface area (Å²) in [5.41, 5.74) is -0.525. The molecule has 0 saturated heterocycles. The fourth-order valence-electron chi connectivity index (χ4n) is 0.878. The monoisotopic (exact) mass is 204 g/mol. The molecule has 0 spiro atoms. The summed E-state index contributed by atoms with van der Waals surface area (Å²) in [6.07, 6.45) is 0.307. The summed E-state index contributed by atoms with van der Waals surface area (Å²) in [7, 11) is -3.49. The highest BCUT2D eigenvalue weighted by Gasteiger charge is 2.27. The van der Waals surface area contributed by atoms with E-state index >= 15 is 0 Å². The van der Waals surface area contributed by atoms with E-state index < -0.39 is 20.8 Å². The number of hydrogen-bond acceptors (Lipinski definition) is 3. The Kier molecular flexibility index (Phi) is 3.88. The van der Waals surface area contributed by atoms with Gasteiger partial charge in [-0.05, 0) is 27.2 Å². The second kappa shape index (κ2) is 4.07. The third-order valence-corrected chi connectivity index (χ3v) is 3.42. The van der Waals surface area contributed by atoms with Crippen LogP contribution in [0.15, 0.2) is 0 Å².